The van der Waals surface area contributed by atoms with E-state index < -0.39 is 0 Å². The van der Waals surface area contributed by atoms with Crippen molar-refractivity contribution < 1.29 is 4.74 Å². The highest BCUT2D eigenvalue weighted by Crippen LogP contribution is 2.31. The van der Waals surface area contributed by atoms with Crippen molar-refractivity contribution >= 4 is 16.6 Å². The van der Waals surface area contributed by atoms with Crippen molar-refractivity contribution in [2.45, 2.75) is 13.5 Å². The van der Waals surface area contributed by atoms with Gasteiger partial charge in [0.25, 0.3) is 0 Å². The van der Waals surface area contributed by atoms with Gasteiger partial charge in [0.2, 0.25) is 0 Å². The molecule has 5 heteroatoms. The molecule has 0 bridgehead atoms. The minimum Gasteiger partial charge on any atom is -0.494 e. The van der Waals surface area contributed by atoms with Gasteiger partial charge in [-0.15, -0.1) is 0 Å². The highest BCUT2D eigenvalue weighted by atomic mass is 16.5. The van der Waals surface area contributed by atoms with E-state index in [4.69, 9.17) is 4.74 Å². The van der Waals surface area contributed by atoms with Crippen molar-refractivity contribution in [3.63, 3.8) is 0 Å². The smallest absolute Gasteiger partial charge is 0.145 e. The van der Waals surface area contributed by atoms with Crippen molar-refractivity contribution in [2.75, 3.05) is 12.4 Å². The summed E-state index contributed by atoms with van der Waals surface area (Å²) in [5.74, 6) is 0.789. The molecule has 0 aliphatic carbocycles. The quantitative estimate of drug-likeness (QED) is 0.799. The van der Waals surface area contributed by atoms with Crippen LogP contribution in [0.3, 0.4) is 0 Å². The van der Waals surface area contributed by atoms with E-state index in [1.807, 2.05) is 37.8 Å². The monoisotopic (exact) mass is 282 g/mol. The predicted octanol–water partition coefficient (Wildman–Crippen LogP) is 2.90. The molecule has 2 aromatic heterocycles. The molecule has 0 saturated carbocycles. The fourth-order valence-electron chi connectivity index (χ4n) is 2.45. The van der Waals surface area contributed by atoms with Crippen LogP contribution < -0.4 is 10.1 Å². The van der Waals surface area contributed by atoms with Crippen LogP contribution in [0.25, 0.3) is 10.9 Å². The molecule has 0 saturated heterocycles. The Morgan fingerprint density at radius 2 is 2.14 bits per heavy atom. The fraction of sp³-hybridized carbons (Fsp3) is 0.250. The summed E-state index contributed by atoms with van der Waals surface area (Å²) in [7, 11) is 3.58. The van der Waals surface area contributed by atoms with E-state index in [-0.39, 0.29) is 0 Å². The van der Waals surface area contributed by atoms with Crippen molar-refractivity contribution in [3.8, 4) is 5.75 Å². The van der Waals surface area contributed by atoms with E-state index in [1.165, 1.54) is 0 Å². The van der Waals surface area contributed by atoms with Gasteiger partial charge >= 0.3 is 0 Å². The maximum Gasteiger partial charge on any atom is 0.145 e. The molecule has 0 aliphatic heterocycles. The van der Waals surface area contributed by atoms with Gasteiger partial charge in [0, 0.05) is 42.6 Å². The van der Waals surface area contributed by atoms with Crippen LogP contribution in [-0.4, -0.2) is 21.9 Å². The molecule has 2 heterocycles. The van der Waals surface area contributed by atoms with Crippen LogP contribution in [-0.2, 0) is 13.6 Å². The number of nitrogens with one attached hydrogen (secondary N) is 1. The number of fused-ring (bicyclic) bond motifs is 1. The van der Waals surface area contributed by atoms with Crippen LogP contribution in [0.15, 0.2) is 36.8 Å². The first-order chi connectivity index (χ1) is 10.2. The molecule has 3 aromatic rings. The molecular weight excluding hydrogens is 264 g/mol. The number of anilines is 1. The largest absolute Gasteiger partial charge is 0.494 e. The summed E-state index contributed by atoms with van der Waals surface area (Å²) >= 11 is 0. The van der Waals surface area contributed by atoms with Gasteiger partial charge in [0.1, 0.15) is 11.3 Å². The van der Waals surface area contributed by atoms with Crippen LogP contribution in [0, 0.1) is 6.92 Å². The molecule has 0 aliphatic rings. The average Bonchev–Trinajstić information content (AvgIpc) is 2.91. The van der Waals surface area contributed by atoms with Gasteiger partial charge in [-0.05, 0) is 18.6 Å². The number of para-hydroxylation sites is 1. The minimum atomic E-state index is 0.727. The number of hydrogen-bond acceptors (Lipinski definition) is 4. The van der Waals surface area contributed by atoms with Gasteiger partial charge in [-0.1, -0.05) is 12.1 Å². The summed E-state index contributed by atoms with van der Waals surface area (Å²) in [6.45, 7) is 2.78. The Labute approximate surface area is 123 Å². The Hall–Kier alpha value is -2.56. The summed E-state index contributed by atoms with van der Waals surface area (Å²) < 4.78 is 7.19. The zero-order valence-electron chi connectivity index (χ0n) is 12.4. The van der Waals surface area contributed by atoms with E-state index in [9.17, 15) is 0 Å². The third-order valence-corrected chi connectivity index (χ3v) is 3.50. The molecule has 0 atom stereocenters. The lowest BCUT2D eigenvalue weighted by Gasteiger charge is -2.13. The lowest BCUT2D eigenvalue weighted by atomic mass is 10.1. The Morgan fingerprint density at radius 1 is 1.29 bits per heavy atom. The number of aromatic nitrogens is 3. The van der Waals surface area contributed by atoms with E-state index in [0.29, 0.717) is 0 Å². The number of benzene rings is 1. The lowest BCUT2D eigenvalue weighted by molar-refractivity contribution is 0.419. The Balaban J connectivity index is 1.98. The molecule has 5 nitrogen and oxygen atoms in total. The molecule has 0 amide bonds. The second-order valence-electron chi connectivity index (χ2n) is 5.05. The average molecular weight is 282 g/mol. The molecule has 1 aromatic carbocycles. The highest BCUT2D eigenvalue weighted by molar-refractivity contribution is 5.96. The molecule has 0 radical (unpaired) electrons. The molecule has 108 valence electrons. The van der Waals surface area contributed by atoms with E-state index in [1.54, 1.807) is 11.8 Å². The van der Waals surface area contributed by atoms with Crippen LogP contribution in [0.5, 0.6) is 5.75 Å². The number of pyridine rings is 1. The molecule has 1 N–H and O–H groups in total. The second-order valence-corrected chi connectivity index (χ2v) is 5.05. The van der Waals surface area contributed by atoms with E-state index in [2.05, 4.69) is 28.4 Å². The third-order valence-electron chi connectivity index (χ3n) is 3.50. The maximum atomic E-state index is 5.38. The molecule has 21 heavy (non-hydrogen) atoms. The SMILES string of the molecule is COc1cccc2c(NCc3cnn(C)c3)c(C)cnc12. The fourth-order valence-corrected chi connectivity index (χ4v) is 2.45. The number of ether oxygens (including phenoxy) is 1. The zero-order chi connectivity index (χ0) is 14.8. The van der Waals surface area contributed by atoms with Crippen LogP contribution in [0.4, 0.5) is 5.69 Å². The Bertz CT molecular complexity index is 779. The number of aryl methyl sites for hydroxylation is 2. The van der Waals surface area contributed by atoms with Crippen molar-refractivity contribution in [1.29, 1.82) is 0 Å². The standard InChI is InChI=1S/C16H18N4O/c1-11-7-17-16-13(5-4-6-14(16)21-3)15(11)18-8-12-9-19-20(2)10-12/h4-7,9-10H,8H2,1-3H3,(H,17,18). The van der Waals surface area contributed by atoms with Crippen LogP contribution >= 0.6 is 0 Å². The number of methoxy groups -OCH3 is 1. The first-order valence-electron chi connectivity index (χ1n) is 6.82. The molecule has 3 rings (SSSR count). The summed E-state index contributed by atoms with van der Waals surface area (Å²) in [6.07, 6.45) is 5.75. The molecule has 0 fully saturated rings. The van der Waals surface area contributed by atoms with Crippen LogP contribution in [0.2, 0.25) is 0 Å². The van der Waals surface area contributed by atoms with Gasteiger partial charge in [-0.2, -0.15) is 5.10 Å². The topological polar surface area (TPSA) is 52.0 Å². The predicted molar refractivity (Wildman–Crippen MR) is 83.6 cm³/mol. The zero-order valence-corrected chi connectivity index (χ0v) is 12.4. The Kier molecular flexibility index (Phi) is 3.48. The lowest BCUT2D eigenvalue weighted by Crippen LogP contribution is -2.02. The first-order valence-corrected chi connectivity index (χ1v) is 6.82. The Morgan fingerprint density at radius 3 is 2.86 bits per heavy atom. The second kappa shape index (κ2) is 5.44. The van der Waals surface area contributed by atoms with E-state index in [0.717, 1.165) is 40.0 Å². The van der Waals surface area contributed by atoms with Gasteiger partial charge in [-0.3, -0.25) is 9.67 Å². The van der Waals surface area contributed by atoms with Gasteiger partial charge in [0.15, 0.2) is 0 Å². The molecular formula is C16H18N4O. The molecule has 0 spiro atoms. The number of rotatable bonds is 4. The first kappa shape index (κ1) is 13.4. The number of hydrogen-bond donors (Lipinski definition) is 1. The van der Waals surface area contributed by atoms with Gasteiger partial charge in [-0.25, -0.2) is 0 Å². The van der Waals surface area contributed by atoms with Gasteiger partial charge in [0.05, 0.1) is 13.3 Å². The van der Waals surface area contributed by atoms with Crippen molar-refractivity contribution in [1.82, 2.24) is 14.8 Å². The number of nitrogens with zero attached hydrogens (tertiary/aromatic N) is 3. The minimum absolute atomic E-state index is 0.727. The summed E-state index contributed by atoms with van der Waals surface area (Å²) in [5, 5.41) is 8.74. The summed E-state index contributed by atoms with van der Waals surface area (Å²) in [6, 6.07) is 5.97. The van der Waals surface area contributed by atoms with Gasteiger partial charge < -0.3 is 10.1 Å². The summed E-state index contributed by atoms with van der Waals surface area (Å²) in [4.78, 5) is 4.49. The van der Waals surface area contributed by atoms with Crippen molar-refractivity contribution in [2.24, 2.45) is 7.05 Å². The van der Waals surface area contributed by atoms with E-state index >= 15 is 0 Å². The highest BCUT2D eigenvalue weighted by Gasteiger charge is 2.09. The summed E-state index contributed by atoms with van der Waals surface area (Å²) in [5.41, 5.74) is 4.21. The maximum absolute atomic E-state index is 5.38. The normalized spacial score (nSPS) is 10.8. The third kappa shape index (κ3) is 2.54. The molecule has 0 unspecified atom stereocenters. The van der Waals surface area contributed by atoms with Crippen molar-refractivity contribution in [3.05, 3.63) is 47.9 Å². The van der Waals surface area contributed by atoms with Crippen LogP contribution in [0.1, 0.15) is 11.1 Å².